The molecule has 0 fully saturated rings. The van der Waals surface area contributed by atoms with Crippen LogP contribution in [0.15, 0.2) is 0 Å². The van der Waals surface area contributed by atoms with Gasteiger partial charge in [-0.3, -0.25) is 0 Å². The average molecular weight is 804 g/mol. The van der Waals surface area contributed by atoms with E-state index in [-0.39, 0.29) is 23.9 Å². The monoisotopic (exact) mass is 805 g/mol. The summed E-state index contributed by atoms with van der Waals surface area (Å²) in [5, 5.41) is 0. The second-order valence-electron chi connectivity index (χ2n) is 15.0. The van der Waals surface area contributed by atoms with Crippen molar-refractivity contribution in [1.82, 2.24) is 0 Å². The molecule has 0 bridgehead atoms. The first-order valence-electron chi connectivity index (χ1n) is 21.0. The fourth-order valence-corrected chi connectivity index (χ4v) is 5.71. The minimum absolute atomic E-state index is 0. The van der Waals surface area contributed by atoms with Gasteiger partial charge in [0.1, 0.15) is 0 Å². The smallest absolute Gasteiger partial charge is 0.793 e. The molecule has 0 heterocycles. The normalized spacial score (nSPS) is 10.5. The van der Waals surface area contributed by atoms with Crippen LogP contribution in [0.5, 0.6) is 0 Å². The Bertz CT molecular complexity index is 363. The molecule has 0 aromatic carbocycles. The van der Waals surface area contributed by atoms with Crippen LogP contribution in [-0.4, -0.2) is 35.4 Å². The summed E-state index contributed by atoms with van der Waals surface area (Å²) in [5.41, 5.74) is 0. The van der Waals surface area contributed by atoms with Crippen LogP contribution < -0.4 is 0 Å². The molecule has 0 aliphatic carbocycles. The van der Waals surface area contributed by atoms with E-state index in [0.717, 1.165) is 11.5 Å². The molecule has 0 aromatic rings. The van der Waals surface area contributed by atoms with Gasteiger partial charge in [0.15, 0.2) is 0 Å². The Hall–Kier alpha value is 1.50. The van der Waals surface area contributed by atoms with Gasteiger partial charge >= 0.3 is 23.9 Å². The first-order chi connectivity index (χ1) is 22.3. The van der Waals surface area contributed by atoms with Crippen LogP contribution in [0.2, 0.25) is 0 Å². The molecule has 0 rings (SSSR count). The van der Waals surface area contributed by atoms with E-state index in [1.165, 1.54) is 217 Å². The van der Waals surface area contributed by atoms with Gasteiger partial charge in [-0.2, -0.15) is 11.5 Å². The van der Waals surface area contributed by atoms with E-state index in [9.17, 15) is 0 Å². The quantitative estimate of drug-likeness (QED) is 0.0377. The third-order valence-corrected chi connectivity index (χ3v) is 8.57. The van der Waals surface area contributed by atoms with E-state index in [1.807, 2.05) is 0 Å². The summed E-state index contributed by atoms with van der Waals surface area (Å²) < 4.78 is 0. The zero-order valence-corrected chi connectivity index (χ0v) is 38.8. The number of hydrogen-bond acceptors (Lipinski definition) is 2. The van der Waals surface area contributed by atoms with Crippen LogP contribution in [0.4, 0.5) is 0 Å². The molecule has 0 atom stereocenters. The first-order valence-corrected chi connectivity index (χ1v) is 22.1. The molecule has 47 heavy (non-hydrogen) atoms. The number of hydrogen-bond donors (Lipinski definition) is 0. The fourth-order valence-electron chi connectivity index (χ4n) is 5.30. The Labute approximate surface area is 331 Å². The summed E-state index contributed by atoms with van der Waals surface area (Å²) in [6, 6.07) is 0. The Balaban J connectivity index is -0.000000200. The van der Waals surface area contributed by atoms with E-state index < -0.39 is 0 Å². The molecule has 0 nitrogen and oxygen atoms in total. The largest absolute Gasteiger partial charge is 2.00 e. The molecule has 0 unspecified atom stereocenters. The van der Waals surface area contributed by atoms with Gasteiger partial charge in [0.05, 0.1) is 0 Å². The molecule has 0 saturated carbocycles. The van der Waals surface area contributed by atoms with Crippen molar-refractivity contribution in [3.63, 3.8) is 0 Å². The average Bonchev–Trinajstić information content (AvgIpc) is 3.01. The van der Waals surface area contributed by atoms with E-state index >= 15 is 0 Å². The van der Waals surface area contributed by atoms with Crippen molar-refractivity contribution in [3.05, 3.63) is 11.8 Å². The summed E-state index contributed by atoms with van der Waals surface area (Å²) in [7, 11) is 0. The van der Waals surface area contributed by atoms with E-state index in [4.69, 9.17) is 25.3 Å². The van der Waals surface area contributed by atoms with Crippen LogP contribution in [0.25, 0.3) is 0 Å². The second kappa shape index (κ2) is 59.6. The van der Waals surface area contributed by atoms with Gasteiger partial charge in [0, 0.05) is 0 Å². The molecule has 0 spiro atoms. The van der Waals surface area contributed by atoms with E-state index in [2.05, 4.69) is 55.4 Å². The third kappa shape index (κ3) is 87.6. The SMILES string of the molecule is CCCCCCCCCCCCCCCCCC[S-].CCCCCCCCCCCCCCCCCC[S-].C[C](C)C.C[C](C)C.[Sn+2]. The number of rotatable bonds is 32. The topological polar surface area (TPSA) is 0 Å². The van der Waals surface area contributed by atoms with Gasteiger partial charge in [0.25, 0.3) is 0 Å². The molecule has 284 valence electrons. The summed E-state index contributed by atoms with van der Waals surface area (Å²) in [6.07, 6.45) is 45.9. The third-order valence-electron chi connectivity index (χ3n) is 8.00. The van der Waals surface area contributed by atoms with Crippen LogP contribution in [0, 0.1) is 11.8 Å². The molecule has 0 saturated heterocycles. The van der Waals surface area contributed by atoms with Crippen molar-refractivity contribution in [2.24, 2.45) is 0 Å². The molecule has 0 aliphatic rings. The van der Waals surface area contributed by atoms with Crippen molar-refractivity contribution < 1.29 is 0 Å². The van der Waals surface area contributed by atoms with Gasteiger partial charge in [-0.05, 0) is 11.8 Å². The molecule has 4 radical (unpaired) electrons. The predicted molar refractivity (Wildman–Crippen MR) is 230 cm³/mol. The Morgan fingerprint density at radius 2 is 0.362 bits per heavy atom. The molecule has 0 aliphatic heterocycles. The van der Waals surface area contributed by atoms with E-state index in [0.29, 0.717) is 0 Å². The van der Waals surface area contributed by atoms with Gasteiger partial charge < -0.3 is 25.3 Å². The molecular weight excluding hydrogens is 711 g/mol. The second-order valence-corrected chi connectivity index (χ2v) is 15.8. The summed E-state index contributed by atoms with van der Waals surface area (Å²) in [5.74, 6) is 4.75. The summed E-state index contributed by atoms with van der Waals surface area (Å²) >= 11 is 9.90. The fraction of sp³-hybridized carbons (Fsp3) is 0.955. The molecule has 0 aromatic heterocycles. The van der Waals surface area contributed by atoms with Crippen LogP contribution in [0.1, 0.15) is 261 Å². The Morgan fingerprint density at radius 1 is 0.255 bits per heavy atom. The maximum atomic E-state index is 4.95. The Kier molecular flexibility index (Phi) is 73.4. The van der Waals surface area contributed by atoms with Crippen molar-refractivity contribution >= 4 is 49.2 Å². The zero-order valence-electron chi connectivity index (χ0n) is 34.4. The molecular formula is C44H92S2Sn. The van der Waals surface area contributed by atoms with Gasteiger partial charge in [0.2, 0.25) is 0 Å². The zero-order chi connectivity index (χ0) is 35.2. The molecule has 3 heteroatoms. The van der Waals surface area contributed by atoms with Gasteiger partial charge in [-0.25, -0.2) is 0 Å². The number of unbranched alkanes of at least 4 members (excludes halogenated alkanes) is 30. The van der Waals surface area contributed by atoms with Gasteiger partial charge in [-0.1, -0.05) is 261 Å². The van der Waals surface area contributed by atoms with Crippen molar-refractivity contribution in [3.8, 4) is 0 Å². The predicted octanol–water partition coefficient (Wildman–Crippen LogP) is 16.4. The maximum absolute atomic E-state index is 4.95. The first kappa shape index (κ1) is 57.8. The minimum Gasteiger partial charge on any atom is -0.793 e. The van der Waals surface area contributed by atoms with E-state index in [1.54, 1.807) is 0 Å². The van der Waals surface area contributed by atoms with Crippen molar-refractivity contribution in [2.45, 2.75) is 261 Å². The molecule has 0 amide bonds. The standard InChI is InChI=1S/2C18H38S.2C4H9.Sn/c2*1-2-3-4-5-6-7-8-9-10-11-12-13-14-15-16-17-18-19;2*1-4(2)3;/h2*19H,2-18H2,1H3;2*1-3H3;/q;;;;+2/p-2. The van der Waals surface area contributed by atoms with Crippen molar-refractivity contribution in [1.29, 1.82) is 0 Å². The minimum atomic E-state index is 0. The van der Waals surface area contributed by atoms with Gasteiger partial charge in [-0.15, -0.1) is 0 Å². The van der Waals surface area contributed by atoms with Crippen LogP contribution >= 0.6 is 0 Å². The van der Waals surface area contributed by atoms with Crippen LogP contribution in [0.3, 0.4) is 0 Å². The summed E-state index contributed by atoms with van der Waals surface area (Å²) in [4.78, 5) is 0. The summed E-state index contributed by atoms with van der Waals surface area (Å²) in [6.45, 7) is 17.1. The van der Waals surface area contributed by atoms with Crippen molar-refractivity contribution in [2.75, 3.05) is 11.5 Å². The Morgan fingerprint density at radius 3 is 0.468 bits per heavy atom. The molecule has 0 N–H and O–H groups in total. The maximum Gasteiger partial charge on any atom is 2.00 e. The van der Waals surface area contributed by atoms with Crippen LogP contribution in [-0.2, 0) is 25.3 Å².